The predicted octanol–water partition coefficient (Wildman–Crippen LogP) is 3.52. The molecule has 0 saturated heterocycles. The number of nitrogens with zero attached hydrogens (tertiary/aromatic N) is 4. The molecule has 0 aliphatic carbocycles. The van der Waals surface area contributed by atoms with Crippen LogP contribution < -0.4 is 0 Å². The first-order chi connectivity index (χ1) is 9.74. The highest BCUT2D eigenvalue weighted by Crippen LogP contribution is 2.24. The van der Waals surface area contributed by atoms with Gasteiger partial charge < -0.3 is 4.57 Å². The number of aromatic nitrogens is 4. The number of fused-ring (bicyclic) bond motifs is 1. The second-order valence-electron chi connectivity index (χ2n) is 4.74. The summed E-state index contributed by atoms with van der Waals surface area (Å²) < 4.78 is 4.10. The van der Waals surface area contributed by atoms with Crippen molar-refractivity contribution >= 4 is 22.6 Å². The third-order valence-corrected chi connectivity index (χ3v) is 3.98. The molecule has 0 spiro atoms. The van der Waals surface area contributed by atoms with Crippen molar-refractivity contribution in [2.24, 2.45) is 0 Å². The fraction of sp³-hybridized carbons (Fsp3) is 0.333. The lowest BCUT2D eigenvalue weighted by molar-refractivity contribution is 0.598. The number of hydrogen-bond donors (Lipinski definition) is 0. The standard InChI is InChI=1S/C15H17ClN4/c1-3-11-15(16)14(20(4-2)18-11)9-19-10-17-12-7-5-6-8-13(12)19/h5-8,10H,3-4,9H2,1-2H3. The van der Waals surface area contributed by atoms with Crippen molar-refractivity contribution in [1.82, 2.24) is 19.3 Å². The van der Waals surface area contributed by atoms with E-state index in [9.17, 15) is 0 Å². The zero-order valence-electron chi connectivity index (χ0n) is 11.7. The molecule has 0 bridgehead atoms. The van der Waals surface area contributed by atoms with Gasteiger partial charge in [-0.15, -0.1) is 0 Å². The Balaban J connectivity index is 2.04. The fourth-order valence-corrected chi connectivity index (χ4v) is 2.79. The van der Waals surface area contributed by atoms with Crippen molar-refractivity contribution in [1.29, 1.82) is 0 Å². The number of hydrogen-bond acceptors (Lipinski definition) is 2. The number of rotatable bonds is 4. The van der Waals surface area contributed by atoms with Crippen molar-refractivity contribution in [3.05, 3.63) is 47.0 Å². The van der Waals surface area contributed by atoms with Gasteiger partial charge in [-0.2, -0.15) is 5.10 Å². The van der Waals surface area contributed by atoms with Gasteiger partial charge in [-0.1, -0.05) is 30.7 Å². The Kier molecular flexibility index (Phi) is 3.49. The van der Waals surface area contributed by atoms with Crippen LogP contribution in [0, 0.1) is 0 Å². The minimum Gasteiger partial charge on any atom is -0.324 e. The van der Waals surface area contributed by atoms with E-state index in [1.165, 1.54) is 0 Å². The van der Waals surface area contributed by atoms with Crippen LogP contribution >= 0.6 is 11.6 Å². The normalized spacial score (nSPS) is 11.3. The first-order valence-corrected chi connectivity index (χ1v) is 7.26. The van der Waals surface area contributed by atoms with E-state index in [0.717, 1.165) is 40.4 Å². The third kappa shape index (κ3) is 2.10. The molecule has 0 aliphatic heterocycles. The van der Waals surface area contributed by atoms with Crippen LogP contribution in [-0.2, 0) is 19.5 Å². The Morgan fingerprint density at radius 2 is 2.00 bits per heavy atom. The van der Waals surface area contributed by atoms with E-state index >= 15 is 0 Å². The molecule has 0 amide bonds. The lowest BCUT2D eigenvalue weighted by atomic mass is 10.3. The Morgan fingerprint density at radius 3 is 2.75 bits per heavy atom. The summed E-state index contributed by atoms with van der Waals surface area (Å²) in [7, 11) is 0. The second kappa shape index (κ2) is 5.29. The van der Waals surface area contributed by atoms with Gasteiger partial charge in [0.25, 0.3) is 0 Å². The summed E-state index contributed by atoms with van der Waals surface area (Å²) in [5.74, 6) is 0. The molecule has 2 heterocycles. The maximum absolute atomic E-state index is 6.46. The van der Waals surface area contributed by atoms with Crippen molar-refractivity contribution in [3.63, 3.8) is 0 Å². The highest BCUT2D eigenvalue weighted by Gasteiger charge is 2.15. The molecule has 0 N–H and O–H groups in total. The van der Waals surface area contributed by atoms with Crippen LogP contribution in [0.25, 0.3) is 11.0 Å². The van der Waals surface area contributed by atoms with Crippen molar-refractivity contribution in [2.75, 3.05) is 0 Å². The van der Waals surface area contributed by atoms with E-state index in [2.05, 4.69) is 34.6 Å². The molecular formula is C15H17ClN4. The van der Waals surface area contributed by atoms with Gasteiger partial charge in [-0.25, -0.2) is 4.98 Å². The molecule has 4 nitrogen and oxygen atoms in total. The highest BCUT2D eigenvalue weighted by atomic mass is 35.5. The molecular weight excluding hydrogens is 272 g/mol. The molecule has 0 saturated carbocycles. The summed E-state index contributed by atoms with van der Waals surface area (Å²) in [5.41, 5.74) is 4.13. The first kappa shape index (κ1) is 13.2. The molecule has 0 aliphatic rings. The number of benzene rings is 1. The summed E-state index contributed by atoms with van der Waals surface area (Å²) in [4.78, 5) is 4.42. The Labute approximate surface area is 123 Å². The summed E-state index contributed by atoms with van der Waals surface area (Å²) in [5, 5.41) is 5.34. The van der Waals surface area contributed by atoms with E-state index in [1.54, 1.807) is 0 Å². The van der Waals surface area contributed by atoms with Crippen LogP contribution in [0.3, 0.4) is 0 Å². The molecule has 0 atom stereocenters. The zero-order valence-corrected chi connectivity index (χ0v) is 12.4. The lowest BCUT2D eigenvalue weighted by Crippen LogP contribution is -2.07. The van der Waals surface area contributed by atoms with Gasteiger partial charge in [-0.05, 0) is 25.5 Å². The van der Waals surface area contributed by atoms with E-state index in [0.29, 0.717) is 6.54 Å². The SMILES string of the molecule is CCc1nn(CC)c(Cn2cnc3ccccc32)c1Cl. The number of halogens is 1. The summed E-state index contributed by atoms with van der Waals surface area (Å²) in [6.45, 7) is 5.67. The molecule has 0 radical (unpaired) electrons. The van der Waals surface area contributed by atoms with Crippen LogP contribution in [0.1, 0.15) is 25.2 Å². The summed E-state index contributed by atoms with van der Waals surface area (Å²) >= 11 is 6.46. The minimum atomic E-state index is 0.695. The molecule has 5 heteroatoms. The monoisotopic (exact) mass is 288 g/mol. The molecule has 2 aromatic heterocycles. The van der Waals surface area contributed by atoms with Gasteiger partial charge in [0.15, 0.2) is 0 Å². The molecule has 0 unspecified atom stereocenters. The van der Waals surface area contributed by atoms with Gasteiger partial charge in [0.05, 0.1) is 40.3 Å². The molecule has 1 aromatic carbocycles. The highest BCUT2D eigenvalue weighted by molar-refractivity contribution is 6.31. The van der Waals surface area contributed by atoms with Crippen LogP contribution in [0.5, 0.6) is 0 Å². The largest absolute Gasteiger partial charge is 0.324 e. The van der Waals surface area contributed by atoms with Crippen molar-refractivity contribution in [2.45, 2.75) is 33.4 Å². The molecule has 0 fully saturated rings. The van der Waals surface area contributed by atoms with Crippen molar-refractivity contribution in [3.8, 4) is 0 Å². The van der Waals surface area contributed by atoms with Crippen LogP contribution in [0.15, 0.2) is 30.6 Å². The quantitative estimate of drug-likeness (QED) is 0.736. The third-order valence-electron chi connectivity index (χ3n) is 3.54. The first-order valence-electron chi connectivity index (χ1n) is 6.88. The molecule has 3 aromatic rings. The maximum Gasteiger partial charge on any atom is 0.0962 e. The van der Waals surface area contributed by atoms with Gasteiger partial charge in [0.1, 0.15) is 0 Å². The number of para-hydroxylation sites is 2. The molecule has 20 heavy (non-hydrogen) atoms. The van der Waals surface area contributed by atoms with E-state index in [-0.39, 0.29) is 0 Å². The van der Waals surface area contributed by atoms with Crippen LogP contribution in [-0.4, -0.2) is 19.3 Å². The Bertz CT molecular complexity index is 741. The topological polar surface area (TPSA) is 35.6 Å². The van der Waals surface area contributed by atoms with E-state index in [1.807, 2.05) is 29.2 Å². The predicted molar refractivity (Wildman–Crippen MR) is 81.1 cm³/mol. The molecule has 104 valence electrons. The maximum atomic E-state index is 6.46. The lowest BCUT2D eigenvalue weighted by Gasteiger charge is -2.07. The summed E-state index contributed by atoms with van der Waals surface area (Å²) in [6, 6.07) is 8.11. The Hall–Kier alpha value is -1.81. The van der Waals surface area contributed by atoms with E-state index < -0.39 is 0 Å². The van der Waals surface area contributed by atoms with Gasteiger partial charge in [0, 0.05) is 6.54 Å². The van der Waals surface area contributed by atoms with Crippen molar-refractivity contribution < 1.29 is 0 Å². The van der Waals surface area contributed by atoms with Gasteiger partial charge >= 0.3 is 0 Å². The minimum absolute atomic E-state index is 0.695. The average molecular weight is 289 g/mol. The second-order valence-corrected chi connectivity index (χ2v) is 5.12. The zero-order chi connectivity index (χ0) is 14.1. The Morgan fingerprint density at radius 1 is 1.20 bits per heavy atom. The fourth-order valence-electron chi connectivity index (χ4n) is 2.47. The van der Waals surface area contributed by atoms with Gasteiger partial charge in [0.2, 0.25) is 0 Å². The molecule has 3 rings (SSSR count). The average Bonchev–Trinajstić information content (AvgIpc) is 3.02. The summed E-state index contributed by atoms with van der Waals surface area (Å²) in [6.07, 6.45) is 2.71. The number of aryl methyl sites for hydroxylation is 2. The van der Waals surface area contributed by atoms with Crippen LogP contribution in [0.2, 0.25) is 5.02 Å². The number of imidazole rings is 1. The van der Waals surface area contributed by atoms with E-state index in [4.69, 9.17) is 11.6 Å². The van der Waals surface area contributed by atoms with Crippen LogP contribution in [0.4, 0.5) is 0 Å². The smallest absolute Gasteiger partial charge is 0.0962 e. The van der Waals surface area contributed by atoms with Gasteiger partial charge in [-0.3, -0.25) is 4.68 Å².